The van der Waals surface area contributed by atoms with Crippen LogP contribution in [0.1, 0.15) is 20.8 Å². The van der Waals surface area contributed by atoms with Crippen LogP contribution in [0.15, 0.2) is 48.8 Å². The lowest BCUT2D eigenvalue weighted by molar-refractivity contribution is -0.142. The van der Waals surface area contributed by atoms with Crippen LogP contribution in [0.25, 0.3) is 5.00 Å². The Kier molecular flexibility index (Phi) is 5.74. The van der Waals surface area contributed by atoms with E-state index in [1.54, 1.807) is 16.2 Å². The molecule has 0 N–H and O–H groups in total. The molecule has 3 aliphatic heterocycles. The minimum atomic E-state index is -0.654. The minimum absolute atomic E-state index is 0.0753. The minimum Gasteiger partial charge on any atom is -0.485 e. The summed E-state index contributed by atoms with van der Waals surface area (Å²) < 4.78 is 13.7. The van der Waals surface area contributed by atoms with E-state index < -0.39 is 6.10 Å². The molecule has 0 unspecified atom stereocenters. The number of piperazine rings is 1. The molecule has 0 saturated carbocycles. The number of carbonyl (C=O) groups is 2. The van der Waals surface area contributed by atoms with Gasteiger partial charge < -0.3 is 23.8 Å². The maximum atomic E-state index is 13.7. The summed E-state index contributed by atoms with van der Waals surface area (Å²) in [5.41, 5.74) is 2.05. The van der Waals surface area contributed by atoms with Crippen molar-refractivity contribution in [2.75, 3.05) is 38.5 Å². The van der Waals surface area contributed by atoms with Crippen molar-refractivity contribution in [3.63, 3.8) is 0 Å². The zero-order valence-electron chi connectivity index (χ0n) is 18.6. The molecule has 7 nitrogen and oxygen atoms in total. The molecule has 1 atom stereocenters. The smallest absolute Gasteiger partial charge is 0.267 e. The van der Waals surface area contributed by atoms with Gasteiger partial charge in [-0.1, -0.05) is 12.1 Å². The van der Waals surface area contributed by atoms with Gasteiger partial charge in [0.05, 0.1) is 5.56 Å². The highest BCUT2D eigenvalue weighted by Gasteiger charge is 2.35. The highest BCUT2D eigenvalue weighted by molar-refractivity contribution is 7.98. The maximum Gasteiger partial charge on any atom is 0.267 e. The highest BCUT2D eigenvalue weighted by Crippen LogP contribution is 2.39. The van der Waals surface area contributed by atoms with E-state index in [-0.39, 0.29) is 18.4 Å². The lowest BCUT2D eigenvalue weighted by Gasteiger charge is -2.37. The Morgan fingerprint density at radius 2 is 1.68 bits per heavy atom. The van der Waals surface area contributed by atoms with Crippen molar-refractivity contribution in [2.24, 2.45) is 0 Å². The van der Waals surface area contributed by atoms with Gasteiger partial charge >= 0.3 is 0 Å². The second-order valence-corrected chi connectivity index (χ2v) is 10.7. The van der Waals surface area contributed by atoms with Crippen LogP contribution in [0, 0.1) is 0 Å². The van der Waals surface area contributed by atoms with Gasteiger partial charge in [-0.3, -0.25) is 9.59 Å². The summed E-state index contributed by atoms with van der Waals surface area (Å²) in [4.78, 5) is 31.8. The number of nitrogens with zero attached hydrogens (tertiary/aromatic N) is 3. The lowest BCUT2D eigenvalue weighted by atomic mass is 10.1. The Labute approximate surface area is 206 Å². The number of thiophene rings is 1. The molecule has 3 aliphatic rings. The van der Waals surface area contributed by atoms with Crippen molar-refractivity contribution in [3.8, 4) is 16.5 Å². The van der Waals surface area contributed by atoms with Crippen LogP contribution >= 0.6 is 23.1 Å². The van der Waals surface area contributed by atoms with Crippen LogP contribution < -0.4 is 9.47 Å². The van der Waals surface area contributed by atoms with Crippen molar-refractivity contribution in [1.29, 1.82) is 0 Å². The Balaban J connectivity index is 1.16. The van der Waals surface area contributed by atoms with Gasteiger partial charge in [0.15, 0.2) is 11.5 Å². The summed E-state index contributed by atoms with van der Waals surface area (Å²) in [7, 11) is 0. The van der Waals surface area contributed by atoms with Crippen molar-refractivity contribution >= 4 is 34.9 Å². The molecule has 0 aliphatic carbocycles. The normalized spacial score (nSPS) is 19.6. The predicted molar refractivity (Wildman–Crippen MR) is 132 cm³/mol. The number of para-hydroxylation sites is 2. The molecule has 2 aromatic heterocycles. The van der Waals surface area contributed by atoms with E-state index in [0.717, 1.165) is 28.5 Å². The molecule has 1 saturated heterocycles. The van der Waals surface area contributed by atoms with E-state index in [1.165, 1.54) is 10.4 Å². The van der Waals surface area contributed by atoms with Gasteiger partial charge in [-0.2, -0.15) is 11.8 Å². The van der Waals surface area contributed by atoms with Gasteiger partial charge in [-0.15, -0.1) is 11.3 Å². The van der Waals surface area contributed by atoms with E-state index in [0.29, 0.717) is 37.7 Å². The van der Waals surface area contributed by atoms with Crippen molar-refractivity contribution in [3.05, 3.63) is 64.8 Å². The van der Waals surface area contributed by atoms with Crippen molar-refractivity contribution in [2.45, 2.75) is 18.3 Å². The Bertz CT molecular complexity index is 1210. The van der Waals surface area contributed by atoms with E-state index in [4.69, 9.17) is 9.47 Å². The zero-order chi connectivity index (χ0) is 23.1. The van der Waals surface area contributed by atoms with E-state index >= 15 is 0 Å². The largest absolute Gasteiger partial charge is 0.485 e. The number of benzene rings is 1. The number of amides is 2. The number of ether oxygens (including phenoxy) is 2. The number of fused-ring (bicyclic) bond motifs is 2. The molecular formula is C25H25N3O4S2. The first-order valence-electron chi connectivity index (χ1n) is 11.5. The standard InChI is InChI=1S/C25H25N3O4S2/c29-23(20-15-31-18-5-1-2-6-19(18)32-20)26-10-12-27(13-11-26)24(30)22-17-7-14-33-16-21(17)34-25(22)28-8-3-4-9-28/h1-6,8-9,20H,7,10-16H2/t20-/m1/s1. The number of hydrogen-bond acceptors (Lipinski definition) is 6. The van der Waals surface area contributed by atoms with Gasteiger partial charge in [-0.25, -0.2) is 0 Å². The summed E-state index contributed by atoms with van der Waals surface area (Å²) >= 11 is 3.66. The third-order valence-corrected chi connectivity index (χ3v) is 8.93. The van der Waals surface area contributed by atoms with Gasteiger partial charge in [0.2, 0.25) is 6.10 Å². The topological polar surface area (TPSA) is 64.0 Å². The van der Waals surface area contributed by atoms with E-state index in [9.17, 15) is 9.59 Å². The predicted octanol–water partition coefficient (Wildman–Crippen LogP) is 3.45. The first kappa shape index (κ1) is 21.6. The molecular weight excluding hydrogens is 470 g/mol. The molecule has 34 heavy (non-hydrogen) atoms. The lowest BCUT2D eigenvalue weighted by Crippen LogP contribution is -2.55. The summed E-state index contributed by atoms with van der Waals surface area (Å²) in [6.07, 6.45) is 4.28. The molecule has 6 rings (SSSR count). The fraction of sp³-hybridized carbons (Fsp3) is 0.360. The number of thioether (sulfide) groups is 1. The number of hydrogen-bond donors (Lipinski definition) is 0. The van der Waals surface area contributed by atoms with Crippen LogP contribution in [0.4, 0.5) is 0 Å². The van der Waals surface area contributed by atoms with Gasteiger partial charge in [0.1, 0.15) is 11.6 Å². The summed E-state index contributed by atoms with van der Waals surface area (Å²) in [5, 5.41) is 1.01. The number of rotatable bonds is 3. The summed E-state index contributed by atoms with van der Waals surface area (Å²) in [6, 6.07) is 11.4. The molecule has 176 valence electrons. The zero-order valence-corrected chi connectivity index (χ0v) is 20.3. The number of aromatic nitrogens is 1. The van der Waals surface area contributed by atoms with Crippen LogP contribution in [-0.4, -0.2) is 70.8 Å². The van der Waals surface area contributed by atoms with Crippen LogP contribution in [0.3, 0.4) is 0 Å². The van der Waals surface area contributed by atoms with E-state index in [2.05, 4.69) is 4.57 Å². The molecule has 2 amide bonds. The highest BCUT2D eigenvalue weighted by atomic mass is 32.2. The Hall–Kier alpha value is -2.91. The molecule has 5 heterocycles. The third-order valence-electron chi connectivity index (χ3n) is 6.52. The van der Waals surface area contributed by atoms with Crippen LogP contribution in [-0.2, 0) is 17.0 Å². The van der Waals surface area contributed by atoms with Crippen LogP contribution in [0.2, 0.25) is 0 Å². The molecule has 1 aromatic carbocycles. The Morgan fingerprint density at radius 1 is 0.941 bits per heavy atom. The summed E-state index contributed by atoms with van der Waals surface area (Å²) in [5.74, 6) is 3.27. The SMILES string of the molecule is O=C(c1c(-n2cccc2)sc2c1CCSC2)N1CCN(C(=O)[C@H]2COc3ccccc3O2)CC1. The molecule has 3 aromatic rings. The van der Waals surface area contributed by atoms with Gasteiger partial charge in [-0.05, 0) is 42.0 Å². The molecule has 0 spiro atoms. The van der Waals surface area contributed by atoms with Gasteiger partial charge in [0, 0.05) is 49.2 Å². The average Bonchev–Trinajstić information content (AvgIpc) is 3.56. The van der Waals surface area contributed by atoms with Gasteiger partial charge in [0.25, 0.3) is 11.8 Å². The third kappa shape index (κ3) is 3.86. The second kappa shape index (κ2) is 9.03. The van der Waals surface area contributed by atoms with Crippen molar-refractivity contribution in [1.82, 2.24) is 14.4 Å². The van der Waals surface area contributed by atoms with Crippen LogP contribution in [0.5, 0.6) is 11.5 Å². The fourth-order valence-electron chi connectivity index (χ4n) is 4.72. The molecule has 0 bridgehead atoms. The average molecular weight is 496 g/mol. The molecule has 1 fully saturated rings. The monoisotopic (exact) mass is 495 g/mol. The fourth-order valence-corrected chi connectivity index (χ4v) is 7.16. The maximum absolute atomic E-state index is 13.7. The quantitative estimate of drug-likeness (QED) is 0.557. The summed E-state index contributed by atoms with van der Waals surface area (Å²) in [6.45, 7) is 2.22. The second-order valence-electron chi connectivity index (χ2n) is 8.56. The first-order chi connectivity index (χ1) is 16.7. The molecule has 0 radical (unpaired) electrons. The molecule has 9 heteroatoms. The Morgan fingerprint density at radius 3 is 2.47 bits per heavy atom. The van der Waals surface area contributed by atoms with Crippen molar-refractivity contribution < 1.29 is 19.1 Å². The van der Waals surface area contributed by atoms with E-state index in [1.807, 2.05) is 65.5 Å². The number of carbonyl (C=O) groups excluding carboxylic acids is 2. The first-order valence-corrected chi connectivity index (χ1v) is 13.5.